The lowest BCUT2D eigenvalue weighted by Gasteiger charge is -2.07. The number of anilines is 1. The number of rotatable bonds is 3. The smallest absolute Gasteiger partial charge is 0.259 e. The summed E-state index contributed by atoms with van der Waals surface area (Å²) < 4.78 is 29.4. The maximum absolute atomic E-state index is 13.9. The van der Waals surface area contributed by atoms with E-state index in [9.17, 15) is 13.6 Å². The Balaban J connectivity index is 1.71. The lowest BCUT2D eigenvalue weighted by molar-refractivity contribution is 0.102. The summed E-state index contributed by atoms with van der Waals surface area (Å²) in [5.74, 6) is -2.00. The average Bonchev–Trinajstić information content (AvgIpc) is 3.17. The van der Waals surface area contributed by atoms with Gasteiger partial charge in [-0.25, -0.2) is 13.8 Å². The zero-order valence-corrected chi connectivity index (χ0v) is 15.3. The predicted octanol–water partition coefficient (Wildman–Crippen LogP) is 4.63. The Morgan fingerprint density at radius 3 is 2.70 bits per heavy atom. The van der Waals surface area contributed by atoms with Gasteiger partial charge in [-0.15, -0.1) is 0 Å². The summed E-state index contributed by atoms with van der Waals surface area (Å²) in [6.45, 7) is 3.78. The standard InChI is InChI=1S/C19H14F2N4OS/c1-10-3-6-15-16(7-10)27-19(22-15)25-17(8-11(2)24-25)23-18(26)13-5-4-12(20)9-14(13)21/h3-9H,1-2H3,(H,23,26). The minimum atomic E-state index is -0.925. The van der Waals surface area contributed by atoms with E-state index in [2.05, 4.69) is 15.4 Å². The number of nitrogens with one attached hydrogen (secondary N) is 1. The summed E-state index contributed by atoms with van der Waals surface area (Å²) in [7, 11) is 0. The number of amides is 1. The van der Waals surface area contributed by atoms with Crippen molar-refractivity contribution in [3.63, 3.8) is 0 Å². The molecule has 5 nitrogen and oxygen atoms in total. The molecule has 0 saturated heterocycles. The number of thiazole rings is 1. The second-order valence-corrected chi connectivity index (χ2v) is 7.14. The fourth-order valence-corrected chi connectivity index (χ4v) is 3.73. The maximum Gasteiger partial charge on any atom is 0.259 e. The summed E-state index contributed by atoms with van der Waals surface area (Å²) >= 11 is 1.43. The third-order valence-corrected chi connectivity index (χ3v) is 4.96. The highest BCUT2D eigenvalue weighted by atomic mass is 32.1. The van der Waals surface area contributed by atoms with Crippen LogP contribution in [-0.2, 0) is 0 Å². The summed E-state index contributed by atoms with van der Waals surface area (Å²) in [5, 5.41) is 7.59. The van der Waals surface area contributed by atoms with Crippen LogP contribution in [-0.4, -0.2) is 20.7 Å². The number of carbonyl (C=O) groups excluding carboxylic acids is 1. The molecule has 136 valence electrons. The molecule has 27 heavy (non-hydrogen) atoms. The number of hydrogen-bond donors (Lipinski definition) is 1. The first-order chi connectivity index (χ1) is 12.9. The number of aromatic nitrogens is 3. The highest BCUT2D eigenvalue weighted by Gasteiger charge is 2.18. The first kappa shape index (κ1) is 17.3. The van der Waals surface area contributed by atoms with Gasteiger partial charge in [-0.2, -0.15) is 9.78 Å². The first-order valence-electron chi connectivity index (χ1n) is 8.11. The largest absolute Gasteiger partial charge is 0.306 e. The average molecular weight is 384 g/mol. The Labute approximate surface area is 157 Å². The number of benzene rings is 2. The van der Waals surface area contributed by atoms with Gasteiger partial charge in [0.15, 0.2) is 0 Å². The van der Waals surface area contributed by atoms with Gasteiger partial charge in [0.25, 0.3) is 5.91 Å². The van der Waals surface area contributed by atoms with Gasteiger partial charge in [0.05, 0.1) is 21.5 Å². The highest BCUT2D eigenvalue weighted by molar-refractivity contribution is 7.20. The van der Waals surface area contributed by atoms with Crippen molar-refractivity contribution < 1.29 is 13.6 Å². The summed E-state index contributed by atoms with van der Waals surface area (Å²) in [6, 6.07) is 10.4. The molecule has 0 spiro atoms. The van der Waals surface area contributed by atoms with Gasteiger partial charge >= 0.3 is 0 Å². The van der Waals surface area contributed by atoms with Crippen molar-refractivity contribution in [1.82, 2.24) is 14.8 Å². The van der Waals surface area contributed by atoms with E-state index in [-0.39, 0.29) is 5.56 Å². The quantitative estimate of drug-likeness (QED) is 0.560. The molecule has 0 radical (unpaired) electrons. The van der Waals surface area contributed by atoms with E-state index in [0.717, 1.165) is 27.9 Å². The van der Waals surface area contributed by atoms with E-state index in [1.54, 1.807) is 13.0 Å². The van der Waals surface area contributed by atoms with Crippen LogP contribution in [0.5, 0.6) is 0 Å². The number of fused-ring (bicyclic) bond motifs is 1. The SMILES string of the molecule is Cc1ccc2nc(-n3nc(C)cc3NC(=O)c3ccc(F)cc3F)sc2c1. The van der Waals surface area contributed by atoms with Crippen LogP contribution in [0, 0.1) is 25.5 Å². The fourth-order valence-electron chi connectivity index (χ4n) is 2.70. The van der Waals surface area contributed by atoms with Crippen LogP contribution in [0.3, 0.4) is 0 Å². The summed E-state index contributed by atoms with van der Waals surface area (Å²) in [4.78, 5) is 17.0. The Morgan fingerprint density at radius 2 is 1.93 bits per heavy atom. The molecular weight excluding hydrogens is 370 g/mol. The minimum Gasteiger partial charge on any atom is -0.306 e. The van der Waals surface area contributed by atoms with Crippen LogP contribution in [0.4, 0.5) is 14.6 Å². The monoisotopic (exact) mass is 384 g/mol. The van der Waals surface area contributed by atoms with Crippen molar-refractivity contribution in [3.8, 4) is 5.13 Å². The van der Waals surface area contributed by atoms with E-state index < -0.39 is 17.5 Å². The molecular formula is C19H14F2N4OS. The molecule has 0 bridgehead atoms. The molecule has 1 N–H and O–H groups in total. The van der Waals surface area contributed by atoms with Crippen LogP contribution < -0.4 is 5.32 Å². The van der Waals surface area contributed by atoms with E-state index in [0.29, 0.717) is 22.7 Å². The molecule has 2 heterocycles. The zero-order valence-electron chi connectivity index (χ0n) is 14.5. The van der Waals surface area contributed by atoms with Crippen LogP contribution in [0.2, 0.25) is 0 Å². The Hall–Kier alpha value is -3.13. The molecule has 0 aliphatic carbocycles. The van der Waals surface area contributed by atoms with E-state index in [1.807, 2.05) is 25.1 Å². The van der Waals surface area contributed by atoms with Gasteiger partial charge in [0.1, 0.15) is 17.5 Å². The molecule has 0 atom stereocenters. The number of halogens is 2. The van der Waals surface area contributed by atoms with Crippen LogP contribution in [0.25, 0.3) is 15.3 Å². The van der Waals surface area contributed by atoms with Gasteiger partial charge in [-0.1, -0.05) is 17.4 Å². The summed E-state index contributed by atoms with van der Waals surface area (Å²) in [6.07, 6.45) is 0. The van der Waals surface area contributed by atoms with Crippen molar-refractivity contribution in [3.05, 3.63) is 70.9 Å². The van der Waals surface area contributed by atoms with Crippen LogP contribution in [0.1, 0.15) is 21.6 Å². The first-order valence-corrected chi connectivity index (χ1v) is 8.93. The second-order valence-electron chi connectivity index (χ2n) is 6.13. The van der Waals surface area contributed by atoms with Gasteiger partial charge < -0.3 is 5.32 Å². The Morgan fingerprint density at radius 1 is 1.11 bits per heavy atom. The molecule has 0 aliphatic heterocycles. The van der Waals surface area contributed by atoms with Crippen molar-refractivity contribution in [2.24, 2.45) is 0 Å². The topological polar surface area (TPSA) is 59.8 Å². The third-order valence-electron chi connectivity index (χ3n) is 3.96. The lowest BCUT2D eigenvalue weighted by atomic mass is 10.2. The van der Waals surface area contributed by atoms with Gasteiger partial charge in [-0.05, 0) is 43.7 Å². The van der Waals surface area contributed by atoms with Gasteiger partial charge in [0, 0.05) is 12.1 Å². The van der Waals surface area contributed by atoms with E-state index in [1.165, 1.54) is 16.0 Å². The Bertz CT molecular complexity index is 1180. The van der Waals surface area contributed by atoms with Crippen molar-refractivity contribution >= 4 is 33.3 Å². The van der Waals surface area contributed by atoms with E-state index >= 15 is 0 Å². The van der Waals surface area contributed by atoms with Crippen molar-refractivity contribution in [1.29, 1.82) is 0 Å². The third kappa shape index (κ3) is 3.31. The molecule has 4 rings (SSSR count). The molecule has 0 fully saturated rings. The van der Waals surface area contributed by atoms with Crippen LogP contribution >= 0.6 is 11.3 Å². The molecule has 2 aromatic heterocycles. The second kappa shape index (κ2) is 6.55. The highest BCUT2D eigenvalue weighted by Crippen LogP contribution is 2.28. The summed E-state index contributed by atoms with van der Waals surface area (Å²) in [5.41, 5.74) is 2.37. The zero-order chi connectivity index (χ0) is 19.1. The van der Waals surface area contributed by atoms with Crippen molar-refractivity contribution in [2.45, 2.75) is 13.8 Å². The molecule has 0 unspecified atom stereocenters. The Kier molecular flexibility index (Phi) is 4.19. The normalized spacial score (nSPS) is 11.1. The van der Waals surface area contributed by atoms with E-state index in [4.69, 9.17) is 0 Å². The minimum absolute atomic E-state index is 0.248. The molecule has 0 aliphatic rings. The number of hydrogen-bond acceptors (Lipinski definition) is 4. The number of carbonyl (C=O) groups is 1. The fraction of sp³-hybridized carbons (Fsp3) is 0.105. The van der Waals surface area contributed by atoms with Gasteiger partial charge in [-0.3, -0.25) is 4.79 Å². The molecule has 8 heteroatoms. The van der Waals surface area contributed by atoms with Crippen LogP contribution in [0.15, 0.2) is 42.5 Å². The molecule has 2 aromatic carbocycles. The maximum atomic E-state index is 13.9. The molecule has 0 saturated carbocycles. The van der Waals surface area contributed by atoms with Crippen molar-refractivity contribution in [2.75, 3.05) is 5.32 Å². The number of nitrogens with zero attached hydrogens (tertiary/aromatic N) is 3. The van der Waals surface area contributed by atoms with Gasteiger partial charge in [0.2, 0.25) is 5.13 Å². The lowest BCUT2D eigenvalue weighted by Crippen LogP contribution is -2.16. The predicted molar refractivity (Wildman–Crippen MR) is 101 cm³/mol. The molecule has 1 amide bonds. The number of aryl methyl sites for hydroxylation is 2. The molecule has 4 aromatic rings.